The molecule has 0 unspecified atom stereocenters. The first-order valence-electron chi connectivity index (χ1n) is 9.62. The summed E-state index contributed by atoms with van der Waals surface area (Å²) in [5.74, 6) is -0.714. The van der Waals surface area contributed by atoms with Gasteiger partial charge >= 0.3 is 11.9 Å². The van der Waals surface area contributed by atoms with Crippen molar-refractivity contribution in [2.24, 2.45) is 0 Å². The molecule has 0 aliphatic carbocycles. The number of nitrogens with one attached hydrogen (secondary N) is 1. The molecule has 0 fully saturated rings. The minimum atomic E-state index is -2.39. The van der Waals surface area contributed by atoms with Crippen LogP contribution >= 0.6 is 0 Å². The summed E-state index contributed by atoms with van der Waals surface area (Å²) in [4.78, 5) is 38.5. The van der Waals surface area contributed by atoms with Gasteiger partial charge in [0.05, 0.1) is 13.0 Å². The molecule has 7 nitrogen and oxygen atoms in total. The Bertz CT molecular complexity index is 1090. The van der Waals surface area contributed by atoms with E-state index >= 15 is 0 Å². The lowest BCUT2D eigenvalue weighted by Gasteiger charge is -2.37. The van der Waals surface area contributed by atoms with Crippen LogP contribution in [-0.4, -0.2) is 43.7 Å². The largest absolute Gasteiger partial charge is 0.497 e. The van der Waals surface area contributed by atoms with E-state index in [0.717, 1.165) is 0 Å². The van der Waals surface area contributed by atoms with E-state index in [4.69, 9.17) is 9.47 Å². The number of methoxy groups -OCH3 is 1. The van der Waals surface area contributed by atoms with Gasteiger partial charge in [0.15, 0.2) is 0 Å². The summed E-state index contributed by atoms with van der Waals surface area (Å²) >= 11 is 0. The number of carbonyl (C=O) groups excluding carboxylic acids is 2. The van der Waals surface area contributed by atoms with Gasteiger partial charge in [-0.1, -0.05) is 43.8 Å². The number of carboxylic acids is 1. The Labute approximate surface area is 181 Å². The van der Waals surface area contributed by atoms with Gasteiger partial charge in [0.25, 0.3) is 11.4 Å². The molecule has 8 heteroatoms. The predicted octanol–water partition coefficient (Wildman–Crippen LogP) is 2.83. The number of carbonyl (C=O) groups is 3. The number of carboxylic acid groups (broad SMARTS) is 1. The highest BCUT2D eigenvalue weighted by Gasteiger charge is 2.59. The number of ether oxygens (including phenoxy) is 2. The zero-order valence-corrected chi connectivity index (χ0v) is 18.7. The SMILES string of the molecule is COc1ccc(C(=O)N[C@@]2(C(=O)O)C(=O)Oc3ccccc3[C@@H]2C#C[Si](C)(C)C)cc1. The van der Waals surface area contributed by atoms with E-state index < -0.39 is 37.4 Å². The molecule has 2 N–H and O–H groups in total. The summed E-state index contributed by atoms with van der Waals surface area (Å²) < 4.78 is 10.4. The maximum Gasteiger partial charge on any atom is 0.350 e. The van der Waals surface area contributed by atoms with Crippen molar-refractivity contribution < 1.29 is 29.0 Å². The molecule has 0 radical (unpaired) electrons. The fraction of sp³-hybridized carbons (Fsp3) is 0.261. The van der Waals surface area contributed by atoms with Gasteiger partial charge in [0.1, 0.15) is 19.6 Å². The van der Waals surface area contributed by atoms with E-state index in [1.54, 1.807) is 36.4 Å². The number of para-hydroxylation sites is 1. The molecule has 1 heterocycles. The lowest BCUT2D eigenvalue weighted by Crippen LogP contribution is -2.66. The second-order valence-electron chi connectivity index (χ2n) is 8.18. The Hall–Kier alpha value is -3.57. The van der Waals surface area contributed by atoms with Crippen molar-refractivity contribution in [3.05, 3.63) is 59.7 Å². The molecule has 1 aliphatic rings. The Kier molecular flexibility index (Phi) is 5.91. The number of amides is 1. The molecule has 0 saturated heterocycles. The molecule has 31 heavy (non-hydrogen) atoms. The van der Waals surface area contributed by atoms with Gasteiger partial charge in [0, 0.05) is 11.1 Å². The van der Waals surface area contributed by atoms with Gasteiger partial charge in [-0.15, -0.1) is 5.54 Å². The monoisotopic (exact) mass is 437 g/mol. The first-order chi connectivity index (χ1) is 14.6. The Morgan fingerprint density at radius 3 is 2.35 bits per heavy atom. The van der Waals surface area contributed by atoms with Crippen LogP contribution in [0.5, 0.6) is 11.5 Å². The Balaban J connectivity index is 2.13. The summed E-state index contributed by atoms with van der Waals surface area (Å²) in [6.07, 6.45) is 0. The smallest absolute Gasteiger partial charge is 0.350 e. The van der Waals surface area contributed by atoms with E-state index in [2.05, 4.69) is 16.8 Å². The van der Waals surface area contributed by atoms with Crippen LogP contribution in [0.1, 0.15) is 21.8 Å². The lowest BCUT2D eigenvalue weighted by molar-refractivity contribution is -0.158. The molecule has 0 spiro atoms. The molecule has 3 rings (SSSR count). The molecular weight excluding hydrogens is 414 g/mol. The van der Waals surface area contributed by atoms with Crippen LogP contribution in [0.15, 0.2) is 48.5 Å². The van der Waals surface area contributed by atoms with Gasteiger partial charge < -0.3 is 19.9 Å². The van der Waals surface area contributed by atoms with Crippen molar-refractivity contribution in [2.45, 2.75) is 31.1 Å². The minimum Gasteiger partial charge on any atom is -0.497 e. The molecule has 0 bridgehead atoms. The Morgan fingerprint density at radius 1 is 1.13 bits per heavy atom. The van der Waals surface area contributed by atoms with Crippen molar-refractivity contribution in [1.29, 1.82) is 0 Å². The highest BCUT2D eigenvalue weighted by Crippen LogP contribution is 2.40. The van der Waals surface area contributed by atoms with E-state index in [1.165, 1.54) is 19.2 Å². The molecule has 160 valence electrons. The molecule has 0 saturated carbocycles. The molecule has 2 aromatic rings. The molecule has 2 atom stereocenters. The third-order valence-electron chi connectivity index (χ3n) is 4.78. The fourth-order valence-electron chi connectivity index (χ4n) is 3.20. The van der Waals surface area contributed by atoms with Crippen molar-refractivity contribution in [3.63, 3.8) is 0 Å². The normalized spacial score (nSPS) is 19.9. The molecule has 0 aromatic heterocycles. The topological polar surface area (TPSA) is 102 Å². The first kappa shape index (κ1) is 22.1. The van der Waals surface area contributed by atoms with E-state index in [1.807, 2.05) is 19.6 Å². The molecule has 1 aliphatic heterocycles. The average Bonchev–Trinajstić information content (AvgIpc) is 2.72. The highest BCUT2D eigenvalue weighted by atomic mass is 28.3. The maximum atomic E-state index is 13.0. The van der Waals surface area contributed by atoms with Gasteiger partial charge in [0.2, 0.25) is 0 Å². The van der Waals surface area contributed by atoms with Gasteiger partial charge in [-0.05, 0) is 30.3 Å². The van der Waals surface area contributed by atoms with Gasteiger partial charge in [-0.2, -0.15) is 0 Å². The van der Waals surface area contributed by atoms with E-state index in [0.29, 0.717) is 11.3 Å². The second-order valence-corrected chi connectivity index (χ2v) is 12.9. The number of fused-ring (bicyclic) bond motifs is 1. The van der Waals surface area contributed by atoms with E-state index in [9.17, 15) is 19.5 Å². The van der Waals surface area contributed by atoms with Crippen LogP contribution in [0.25, 0.3) is 0 Å². The molecular formula is C23H23NO6Si. The van der Waals surface area contributed by atoms with Crippen LogP contribution < -0.4 is 14.8 Å². The fourth-order valence-corrected chi connectivity index (χ4v) is 3.78. The zero-order valence-electron chi connectivity index (χ0n) is 17.7. The van der Waals surface area contributed by atoms with Crippen molar-refractivity contribution in [3.8, 4) is 23.0 Å². The number of esters is 1. The number of hydrogen-bond acceptors (Lipinski definition) is 5. The number of hydrogen-bond donors (Lipinski definition) is 2. The van der Waals surface area contributed by atoms with Crippen molar-refractivity contribution in [1.82, 2.24) is 5.32 Å². The van der Waals surface area contributed by atoms with Gasteiger partial charge in [-0.25, -0.2) is 9.59 Å². The average molecular weight is 438 g/mol. The van der Waals surface area contributed by atoms with Crippen LogP contribution in [0, 0.1) is 11.5 Å². The second kappa shape index (κ2) is 8.28. The summed E-state index contributed by atoms with van der Waals surface area (Å²) in [6, 6.07) is 12.7. The standard InChI is InChI=1S/C23H23NO6Si/c1-29-16-11-9-15(10-12-16)20(25)24-23(21(26)27)18(13-14-31(2,3)4)17-7-5-6-8-19(17)30-22(23)28/h5-12,18H,1-4H3,(H,24,25)(H,26,27)/t18-,23-/m0/s1. The number of rotatable bonds is 4. The summed E-state index contributed by atoms with van der Waals surface area (Å²) in [5.41, 5.74) is 1.36. The van der Waals surface area contributed by atoms with E-state index in [-0.39, 0.29) is 11.3 Å². The zero-order chi connectivity index (χ0) is 22.8. The van der Waals surface area contributed by atoms with Crippen LogP contribution in [0.4, 0.5) is 0 Å². The lowest BCUT2D eigenvalue weighted by atomic mass is 9.77. The van der Waals surface area contributed by atoms with Gasteiger partial charge in [-0.3, -0.25) is 4.79 Å². The maximum absolute atomic E-state index is 13.0. The van der Waals surface area contributed by atoms with Crippen molar-refractivity contribution >= 4 is 25.9 Å². The molecule has 2 aromatic carbocycles. The van der Waals surface area contributed by atoms with Crippen LogP contribution in [0.2, 0.25) is 19.6 Å². The van der Waals surface area contributed by atoms with Crippen LogP contribution in [0.3, 0.4) is 0 Å². The highest BCUT2D eigenvalue weighted by molar-refractivity contribution is 6.83. The third-order valence-corrected chi connectivity index (χ3v) is 5.67. The third kappa shape index (κ3) is 4.32. The van der Waals surface area contributed by atoms with Crippen molar-refractivity contribution in [2.75, 3.05) is 7.11 Å². The summed E-state index contributed by atoms with van der Waals surface area (Å²) in [7, 11) is -0.437. The first-order valence-corrected chi connectivity index (χ1v) is 13.1. The summed E-state index contributed by atoms with van der Waals surface area (Å²) in [5, 5.41) is 12.6. The number of aliphatic carboxylic acids is 1. The number of benzene rings is 2. The molecule has 1 amide bonds. The quantitative estimate of drug-likeness (QED) is 0.251. The minimum absolute atomic E-state index is 0.171. The summed E-state index contributed by atoms with van der Waals surface area (Å²) in [6.45, 7) is 6.02. The predicted molar refractivity (Wildman–Crippen MR) is 117 cm³/mol. The van der Waals surface area contributed by atoms with Crippen LogP contribution in [-0.2, 0) is 9.59 Å². The Morgan fingerprint density at radius 2 is 1.77 bits per heavy atom.